The quantitative estimate of drug-likeness (QED) is 0.829. The molecular formula is C14H23NO. The minimum absolute atomic E-state index is 0.0697. The summed E-state index contributed by atoms with van der Waals surface area (Å²) in [5.41, 5.74) is 6.98. The number of para-hydroxylation sites is 1. The molecule has 0 spiro atoms. The van der Waals surface area contributed by atoms with E-state index in [0.29, 0.717) is 6.54 Å². The van der Waals surface area contributed by atoms with E-state index in [9.17, 15) is 0 Å². The third kappa shape index (κ3) is 3.24. The van der Waals surface area contributed by atoms with Gasteiger partial charge in [-0.1, -0.05) is 32.0 Å². The molecule has 2 nitrogen and oxygen atoms in total. The molecule has 0 bridgehead atoms. The summed E-state index contributed by atoms with van der Waals surface area (Å²) in [6, 6.07) is 8.24. The normalized spacial score (nSPS) is 11.9. The highest BCUT2D eigenvalue weighted by Gasteiger charge is 2.23. The molecule has 2 heteroatoms. The van der Waals surface area contributed by atoms with Crippen molar-refractivity contribution in [1.82, 2.24) is 0 Å². The van der Waals surface area contributed by atoms with Crippen molar-refractivity contribution >= 4 is 0 Å². The van der Waals surface area contributed by atoms with Crippen LogP contribution in [0.1, 0.15) is 39.7 Å². The molecule has 1 rings (SSSR count). The van der Waals surface area contributed by atoms with Crippen LogP contribution in [0.25, 0.3) is 0 Å². The Kier molecular flexibility index (Phi) is 4.36. The van der Waals surface area contributed by atoms with Gasteiger partial charge in [-0.3, -0.25) is 0 Å². The van der Waals surface area contributed by atoms with Gasteiger partial charge in [0.15, 0.2) is 0 Å². The van der Waals surface area contributed by atoms with Crippen LogP contribution in [-0.4, -0.2) is 12.6 Å². The Morgan fingerprint density at radius 3 is 2.44 bits per heavy atom. The number of ether oxygens (including phenoxy) is 1. The van der Waals surface area contributed by atoms with Crippen LogP contribution in [-0.2, 0) is 5.41 Å². The molecule has 1 aromatic rings. The first kappa shape index (κ1) is 13.0. The zero-order chi connectivity index (χ0) is 12.2. The molecule has 0 aliphatic rings. The summed E-state index contributed by atoms with van der Waals surface area (Å²) in [7, 11) is 0. The number of hydrogen-bond donors (Lipinski definition) is 1. The first-order valence-electron chi connectivity index (χ1n) is 5.93. The molecule has 0 aromatic heterocycles. The number of hydrogen-bond acceptors (Lipinski definition) is 2. The third-order valence-electron chi connectivity index (χ3n) is 2.75. The van der Waals surface area contributed by atoms with Gasteiger partial charge in [0.25, 0.3) is 0 Å². The molecule has 0 saturated heterocycles. The van der Waals surface area contributed by atoms with Crippen LogP contribution in [0.15, 0.2) is 24.3 Å². The summed E-state index contributed by atoms with van der Waals surface area (Å²) < 4.78 is 5.84. The van der Waals surface area contributed by atoms with Gasteiger partial charge in [-0.05, 0) is 43.9 Å². The maximum atomic E-state index is 5.84. The van der Waals surface area contributed by atoms with E-state index in [1.807, 2.05) is 26.0 Å². The minimum Gasteiger partial charge on any atom is -0.491 e. The molecule has 2 N–H and O–H groups in total. The molecule has 1 aromatic carbocycles. The van der Waals surface area contributed by atoms with Crippen molar-refractivity contribution in [3.05, 3.63) is 29.8 Å². The van der Waals surface area contributed by atoms with E-state index in [4.69, 9.17) is 10.5 Å². The van der Waals surface area contributed by atoms with Gasteiger partial charge in [0.2, 0.25) is 0 Å². The largest absolute Gasteiger partial charge is 0.491 e. The monoisotopic (exact) mass is 221 g/mol. The Hall–Kier alpha value is -1.02. The van der Waals surface area contributed by atoms with E-state index >= 15 is 0 Å². The fourth-order valence-electron chi connectivity index (χ4n) is 1.88. The standard InChI is InChI=1S/C14H23NO/c1-11(2)16-13-8-6-5-7-12(13)14(3,4)9-10-15/h5-8,11H,9-10,15H2,1-4H3. The van der Waals surface area contributed by atoms with Crippen LogP contribution in [0.4, 0.5) is 0 Å². The lowest BCUT2D eigenvalue weighted by atomic mass is 9.81. The lowest BCUT2D eigenvalue weighted by Crippen LogP contribution is -2.23. The van der Waals surface area contributed by atoms with Gasteiger partial charge in [0.1, 0.15) is 5.75 Å². The Morgan fingerprint density at radius 1 is 1.25 bits per heavy atom. The fourth-order valence-corrected chi connectivity index (χ4v) is 1.88. The first-order chi connectivity index (χ1) is 7.47. The van der Waals surface area contributed by atoms with E-state index in [2.05, 4.69) is 26.0 Å². The van der Waals surface area contributed by atoms with Crippen molar-refractivity contribution in [2.45, 2.75) is 45.6 Å². The predicted molar refractivity (Wildman–Crippen MR) is 68.9 cm³/mol. The molecular weight excluding hydrogens is 198 g/mol. The van der Waals surface area contributed by atoms with E-state index in [1.54, 1.807) is 0 Å². The number of benzene rings is 1. The third-order valence-corrected chi connectivity index (χ3v) is 2.75. The number of nitrogens with two attached hydrogens (primary N) is 1. The SMILES string of the molecule is CC(C)Oc1ccccc1C(C)(C)CCN. The summed E-state index contributed by atoms with van der Waals surface area (Å²) in [6.07, 6.45) is 1.17. The summed E-state index contributed by atoms with van der Waals surface area (Å²) in [4.78, 5) is 0. The Bertz CT molecular complexity index is 331. The zero-order valence-electron chi connectivity index (χ0n) is 10.8. The highest BCUT2D eigenvalue weighted by atomic mass is 16.5. The van der Waals surface area contributed by atoms with Gasteiger partial charge in [0, 0.05) is 0 Å². The molecule has 90 valence electrons. The molecule has 0 atom stereocenters. The van der Waals surface area contributed by atoms with Gasteiger partial charge in [-0.25, -0.2) is 0 Å². The average molecular weight is 221 g/mol. The Balaban J connectivity index is 3.02. The fraction of sp³-hybridized carbons (Fsp3) is 0.571. The summed E-state index contributed by atoms with van der Waals surface area (Å²) in [5, 5.41) is 0. The first-order valence-corrected chi connectivity index (χ1v) is 5.93. The Morgan fingerprint density at radius 2 is 1.88 bits per heavy atom. The molecule has 0 heterocycles. The van der Waals surface area contributed by atoms with Crippen molar-refractivity contribution in [2.75, 3.05) is 6.54 Å². The molecule has 0 aliphatic carbocycles. The van der Waals surface area contributed by atoms with Crippen LogP contribution in [0.5, 0.6) is 5.75 Å². The molecule has 16 heavy (non-hydrogen) atoms. The van der Waals surface area contributed by atoms with Crippen molar-refractivity contribution in [2.24, 2.45) is 5.73 Å². The van der Waals surface area contributed by atoms with Crippen LogP contribution >= 0.6 is 0 Å². The van der Waals surface area contributed by atoms with E-state index in [0.717, 1.165) is 12.2 Å². The second-order valence-electron chi connectivity index (χ2n) is 5.09. The smallest absolute Gasteiger partial charge is 0.123 e. The zero-order valence-corrected chi connectivity index (χ0v) is 10.8. The van der Waals surface area contributed by atoms with Crippen molar-refractivity contribution in [3.63, 3.8) is 0 Å². The molecule has 0 unspecified atom stereocenters. The topological polar surface area (TPSA) is 35.2 Å². The summed E-state index contributed by atoms with van der Waals surface area (Å²) >= 11 is 0. The molecule has 0 amide bonds. The maximum absolute atomic E-state index is 5.84. The van der Waals surface area contributed by atoms with Crippen molar-refractivity contribution in [1.29, 1.82) is 0 Å². The van der Waals surface area contributed by atoms with Gasteiger partial charge in [0.05, 0.1) is 6.10 Å². The highest BCUT2D eigenvalue weighted by Crippen LogP contribution is 2.34. The molecule has 0 saturated carbocycles. The highest BCUT2D eigenvalue weighted by molar-refractivity contribution is 5.38. The van der Waals surface area contributed by atoms with Gasteiger partial charge in [-0.2, -0.15) is 0 Å². The summed E-state index contributed by atoms with van der Waals surface area (Å²) in [5.74, 6) is 0.982. The van der Waals surface area contributed by atoms with E-state index < -0.39 is 0 Å². The summed E-state index contributed by atoms with van der Waals surface area (Å²) in [6.45, 7) is 9.22. The van der Waals surface area contributed by atoms with Crippen LogP contribution < -0.4 is 10.5 Å². The van der Waals surface area contributed by atoms with Crippen molar-refractivity contribution < 1.29 is 4.74 Å². The van der Waals surface area contributed by atoms with E-state index in [-0.39, 0.29) is 11.5 Å². The lowest BCUT2D eigenvalue weighted by Gasteiger charge is -2.27. The van der Waals surface area contributed by atoms with Crippen LogP contribution in [0.3, 0.4) is 0 Å². The maximum Gasteiger partial charge on any atom is 0.123 e. The van der Waals surface area contributed by atoms with Crippen molar-refractivity contribution in [3.8, 4) is 5.75 Å². The van der Waals surface area contributed by atoms with Crippen LogP contribution in [0, 0.1) is 0 Å². The van der Waals surface area contributed by atoms with Gasteiger partial charge >= 0.3 is 0 Å². The van der Waals surface area contributed by atoms with E-state index in [1.165, 1.54) is 5.56 Å². The minimum atomic E-state index is 0.0697. The molecule has 0 fully saturated rings. The molecule has 0 aliphatic heterocycles. The van der Waals surface area contributed by atoms with Crippen LogP contribution in [0.2, 0.25) is 0 Å². The van der Waals surface area contributed by atoms with Gasteiger partial charge < -0.3 is 10.5 Å². The van der Waals surface area contributed by atoms with Gasteiger partial charge in [-0.15, -0.1) is 0 Å². The number of rotatable bonds is 5. The second-order valence-corrected chi connectivity index (χ2v) is 5.09. The average Bonchev–Trinajstić information content (AvgIpc) is 2.17. The Labute approximate surface area is 98.8 Å². The molecule has 0 radical (unpaired) electrons. The lowest BCUT2D eigenvalue weighted by molar-refractivity contribution is 0.235. The predicted octanol–water partition coefficient (Wildman–Crippen LogP) is 3.10. The second kappa shape index (κ2) is 5.35.